The predicted octanol–water partition coefficient (Wildman–Crippen LogP) is 2.86. The van der Waals surface area contributed by atoms with Crippen molar-refractivity contribution in [1.29, 1.82) is 0 Å². The topological polar surface area (TPSA) is 80.9 Å². The van der Waals surface area contributed by atoms with Crippen molar-refractivity contribution in [3.05, 3.63) is 34.8 Å². The van der Waals surface area contributed by atoms with Crippen LogP contribution in [0.15, 0.2) is 29.2 Å². The number of anilines is 1. The first kappa shape index (κ1) is 16.9. The molecular weight excluding hydrogens is 316 g/mol. The molecule has 0 saturated heterocycles. The molecular formula is C15H20N4OS2. The van der Waals surface area contributed by atoms with Crippen molar-refractivity contribution < 1.29 is 4.79 Å². The van der Waals surface area contributed by atoms with Crippen molar-refractivity contribution in [2.75, 3.05) is 17.6 Å². The van der Waals surface area contributed by atoms with Gasteiger partial charge in [0.2, 0.25) is 11.0 Å². The molecule has 1 amide bonds. The molecule has 0 bridgehead atoms. The summed E-state index contributed by atoms with van der Waals surface area (Å²) in [6.45, 7) is 2.43. The van der Waals surface area contributed by atoms with Gasteiger partial charge >= 0.3 is 0 Å². The average molecular weight is 336 g/mol. The Hall–Kier alpha value is -1.44. The number of aromatic nitrogens is 2. The molecule has 0 spiro atoms. The van der Waals surface area contributed by atoms with Gasteiger partial charge in [0.1, 0.15) is 5.01 Å². The predicted molar refractivity (Wildman–Crippen MR) is 92.4 cm³/mol. The van der Waals surface area contributed by atoms with E-state index in [0.29, 0.717) is 18.1 Å². The highest BCUT2D eigenvalue weighted by Crippen LogP contribution is 2.21. The summed E-state index contributed by atoms with van der Waals surface area (Å²) in [5.74, 6) is 0.928. The second-order valence-corrected chi connectivity index (χ2v) is 7.08. The fourth-order valence-corrected chi connectivity index (χ4v) is 3.42. The number of rotatable bonds is 8. The molecule has 22 heavy (non-hydrogen) atoms. The third-order valence-corrected chi connectivity index (χ3v) is 4.91. The summed E-state index contributed by atoms with van der Waals surface area (Å²) < 4.78 is 0. The number of carbonyl (C=O) groups is 1. The summed E-state index contributed by atoms with van der Waals surface area (Å²) in [5.41, 5.74) is 6.61. The third-order valence-electron chi connectivity index (χ3n) is 2.91. The molecule has 0 unspecified atom stereocenters. The Morgan fingerprint density at radius 3 is 2.82 bits per heavy atom. The van der Waals surface area contributed by atoms with Gasteiger partial charge in [-0.25, -0.2) is 0 Å². The molecule has 1 heterocycles. The maximum absolute atomic E-state index is 11.4. The Bertz CT molecular complexity index is 598. The van der Waals surface area contributed by atoms with E-state index in [9.17, 15) is 4.79 Å². The van der Waals surface area contributed by atoms with E-state index in [1.165, 1.54) is 21.8 Å². The number of amides is 1. The van der Waals surface area contributed by atoms with Crippen LogP contribution in [0.25, 0.3) is 0 Å². The van der Waals surface area contributed by atoms with Gasteiger partial charge in [-0.3, -0.25) is 4.79 Å². The summed E-state index contributed by atoms with van der Waals surface area (Å²) in [6, 6.07) is 8.55. The van der Waals surface area contributed by atoms with E-state index in [0.717, 1.165) is 23.6 Å². The molecule has 5 nitrogen and oxygen atoms in total. The van der Waals surface area contributed by atoms with Crippen LogP contribution in [0.5, 0.6) is 0 Å². The highest BCUT2D eigenvalue weighted by Gasteiger charge is 2.07. The molecule has 0 fully saturated rings. The summed E-state index contributed by atoms with van der Waals surface area (Å²) in [4.78, 5) is 12.7. The smallest absolute Gasteiger partial charge is 0.227 e. The molecule has 0 radical (unpaired) electrons. The molecule has 0 aliphatic heterocycles. The number of nitrogens with one attached hydrogen (secondary N) is 1. The Balaban J connectivity index is 1.70. The molecule has 0 aliphatic carbocycles. The monoisotopic (exact) mass is 336 g/mol. The number of thioether (sulfide) groups is 1. The van der Waals surface area contributed by atoms with Gasteiger partial charge in [0.15, 0.2) is 0 Å². The first-order valence-corrected chi connectivity index (χ1v) is 8.99. The van der Waals surface area contributed by atoms with Gasteiger partial charge in [-0.15, -0.1) is 22.0 Å². The lowest BCUT2D eigenvalue weighted by molar-refractivity contribution is -0.116. The highest BCUT2D eigenvalue weighted by molar-refractivity contribution is 7.99. The number of nitrogens with two attached hydrogens (primary N) is 1. The van der Waals surface area contributed by atoms with Crippen molar-refractivity contribution in [3.8, 4) is 0 Å². The van der Waals surface area contributed by atoms with E-state index in [1.807, 2.05) is 11.8 Å². The first-order chi connectivity index (χ1) is 10.7. The first-order valence-electron chi connectivity index (χ1n) is 7.19. The number of hydrogen-bond donors (Lipinski definition) is 2. The molecule has 7 heteroatoms. The third kappa shape index (κ3) is 5.75. The Morgan fingerprint density at radius 2 is 2.09 bits per heavy atom. The SMILES string of the molecule is Cc1ccc(SCCCc2nnc(NC(=O)CCN)s2)cc1. The van der Waals surface area contributed by atoms with Gasteiger partial charge in [0.25, 0.3) is 0 Å². The second kappa shape index (κ2) is 8.87. The van der Waals surface area contributed by atoms with Crippen LogP contribution in [0.3, 0.4) is 0 Å². The van der Waals surface area contributed by atoms with Crippen LogP contribution in [0.2, 0.25) is 0 Å². The summed E-state index contributed by atoms with van der Waals surface area (Å²) in [6.07, 6.45) is 2.22. The summed E-state index contributed by atoms with van der Waals surface area (Å²) in [7, 11) is 0. The molecule has 0 atom stereocenters. The molecule has 3 N–H and O–H groups in total. The van der Waals surface area contributed by atoms with Gasteiger partial charge in [0.05, 0.1) is 0 Å². The van der Waals surface area contributed by atoms with E-state index < -0.39 is 0 Å². The largest absolute Gasteiger partial charge is 0.330 e. The Kier molecular flexibility index (Phi) is 6.82. The van der Waals surface area contributed by atoms with Crippen molar-refractivity contribution in [1.82, 2.24) is 10.2 Å². The highest BCUT2D eigenvalue weighted by atomic mass is 32.2. The van der Waals surface area contributed by atoms with Gasteiger partial charge in [0, 0.05) is 24.3 Å². The minimum atomic E-state index is -0.111. The standard InChI is InChI=1S/C15H20N4OS2/c1-11-4-6-12(7-5-11)21-10-2-3-14-18-19-15(22-14)17-13(20)8-9-16/h4-7H,2-3,8-10,16H2,1H3,(H,17,19,20). The summed E-state index contributed by atoms with van der Waals surface area (Å²) >= 11 is 3.28. The van der Waals surface area contributed by atoms with E-state index >= 15 is 0 Å². The van der Waals surface area contributed by atoms with E-state index in [2.05, 4.69) is 46.7 Å². The normalized spacial score (nSPS) is 10.6. The van der Waals surface area contributed by atoms with Crippen molar-refractivity contribution in [2.24, 2.45) is 5.73 Å². The minimum absolute atomic E-state index is 0.111. The number of nitrogens with zero attached hydrogens (tertiary/aromatic N) is 2. The van der Waals surface area contributed by atoms with Gasteiger partial charge in [-0.2, -0.15) is 0 Å². The quantitative estimate of drug-likeness (QED) is 0.572. The fourth-order valence-electron chi connectivity index (χ4n) is 1.77. The molecule has 0 saturated carbocycles. The lowest BCUT2D eigenvalue weighted by Crippen LogP contribution is -2.15. The molecule has 1 aromatic carbocycles. The Morgan fingerprint density at radius 1 is 1.32 bits per heavy atom. The number of aryl methyl sites for hydroxylation is 2. The Labute approximate surface area is 138 Å². The van der Waals surface area contributed by atoms with Crippen molar-refractivity contribution >= 4 is 34.1 Å². The van der Waals surface area contributed by atoms with Gasteiger partial charge in [-0.1, -0.05) is 29.0 Å². The van der Waals surface area contributed by atoms with Crippen LogP contribution in [0.1, 0.15) is 23.4 Å². The number of hydrogen-bond acceptors (Lipinski definition) is 6. The maximum atomic E-state index is 11.4. The van der Waals surface area contributed by atoms with Crippen LogP contribution < -0.4 is 11.1 Å². The van der Waals surface area contributed by atoms with E-state index in [1.54, 1.807) is 0 Å². The molecule has 2 aromatic rings. The maximum Gasteiger partial charge on any atom is 0.227 e. The summed E-state index contributed by atoms with van der Waals surface area (Å²) in [5, 5.41) is 12.3. The van der Waals surface area contributed by atoms with Gasteiger partial charge < -0.3 is 11.1 Å². The van der Waals surface area contributed by atoms with Crippen LogP contribution >= 0.6 is 23.1 Å². The molecule has 2 rings (SSSR count). The van der Waals surface area contributed by atoms with Crippen LogP contribution in [0, 0.1) is 6.92 Å². The lowest BCUT2D eigenvalue weighted by atomic mass is 10.2. The van der Waals surface area contributed by atoms with Crippen molar-refractivity contribution in [3.63, 3.8) is 0 Å². The zero-order chi connectivity index (χ0) is 15.8. The van der Waals surface area contributed by atoms with E-state index in [4.69, 9.17) is 5.73 Å². The lowest BCUT2D eigenvalue weighted by Gasteiger charge is -2.01. The van der Waals surface area contributed by atoms with Crippen LogP contribution in [0.4, 0.5) is 5.13 Å². The number of benzene rings is 1. The van der Waals surface area contributed by atoms with Crippen molar-refractivity contribution in [2.45, 2.75) is 31.1 Å². The average Bonchev–Trinajstić information content (AvgIpc) is 2.93. The van der Waals surface area contributed by atoms with Gasteiger partial charge in [-0.05, 0) is 31.2 Å². The number of carbonyl (C=O) groups excluding carboxylic acids is 1. The zero-order valence-electron chi connectivity index (χ0n) is 12.5. The van der Waals surface area contributed by atoms with E-state index in [-0.39, 0.29) is 5.91 Å². The van der Waals surface area contributed by atoms with Crippen LogP contribution in [-0.4, -0.2) is 28.4 Å². The fraction of sp³-hybridized carbons (Fsp3) is 0.400. The molecule has 0 aliphatic rings. The molecule has 1 aromatic heterocycles. The molecule has 118 valence electrons. The second-order valence-electron chi connectivity index (χ2n) is 4.85. The van der Waals surface area contributed by atoms with Crippen LogP contribution in [-0.2, 0) is 11.2 Å². The zero-order valence-corrected chi connectivity index (χ0v) is 14.2. The minimum Gasteiger partial charge on any atom is -0.330 e.